The lowest BCUT2D eigenvalue weighted by Crippen LogP contribution is -2.12. The van der Waals surface area contributed by atoms with Crippen LogP contribution in [-0.2, 0) is 16.1 Å². The van der Waals surface area contributed by atoms with E-state index in [1.54, 1.807) is 18.2 Å². The molecule has 32 heavy (non-hydrogen) atoms. The van der Waals surface area contributed by atoms with Gasteiger partial charge in [-0.05, 0) is 41.9 Å². The lowest BCUT2D eigenvalue weighted by molar-refractivity contribution is -0.110. The summed E-state index contributed by atoms with van der Waals surface area (Å²) < 4.78 is 4.80. The third-order valence-corrected chi connectivity index (χ3v) is 5.30. The number of carbonyl (C=O) groups excluding carboxylic acids is 2. The van der Waals surface area contributed by atoms with Crippen LogP contribution >= 0.6 is 0 Å². The molecular weight excluding hydrogens is 402 g/mol. The molecule has 3 aromatic rings. The minimum absolute atomic E-state index is 0.225. The van der Waals surface area contributed by atoms with Crippen LogP contribution in [0, 0.1) is 0 Å². The molecule has 0 bridgehead atoms. The van der Waals surface area contributed by atoms with Crippen molar-refractivity contribution in [3.63, 3.8) is 0 Å². The van der Waals surface area contributed by atoms with Gasteiger partial charge in [0.25, 0.3) is 5.91 Å². The summed E-state index contributed by atoms with van der Waals surface area (Å²) in [5, 5.41) is 9.64. The molecule has 0 spiro atoms. The number of rotatable bonds is 7. The molecule has 1 aliphatic heterocycles. The molecule has 0 radical (unpaired) electrons. The van der Waals surface area contributed by atoms with E-state index in [-0.39, 0.29) is 5.91 Å². The van der Waals surface area contributed by atoms with E-state index in [0.717, 1.165) is 29.9 Å². The zero-order valence-corrected chi connectivity index (χ0v) is 18.1. The van der Waals surface area contributed by atoms with Crippen molar-refractivity contribution < 1.29 is 14.3 Å². The molecule has 1 heterocycles. The monoisotopic (exact) mass is 427 g/mol. The van der Waals surface area contributed by atoms with Crippen LogP contribution in [0.25, 0.3) is 11.3 Å². The van der Waals surface area contributed by atoms with E-state index in [4.69, 9.17) is 4.74 Å². The van der Waals surface area contributed by atoms with Gasteiger partial charge in [0.1, 0.15) is 0 Å². The maximum Gasteiger partial charge on any atom is 0.337 e. The highest BCUT2D eigenvalue weighted by Gasteiger charge is 2.29. The van der Waals surface area contributed by atoms with Crippen molar-refractivity contribution in [3.8, 4) is 0 Å². The number of nitrogens with one attached hydrogen (secondary N) is 3. The summed E-state index contributed by atoms with van der Waals surface area (Å²) in [6, 6.07) is 22.9. The molecular formula is C26H25N3O3. The fraction of sp³-hybridized carbons (Fsp3) is 0.154. The summed E-state index contributed by atoms with van der Waals surface area (Å²) >= 11 is 0. The summed E-state index contributed by atoms with van der Waals surface area (Å²) in [7, 11) is 1.33. The summed E-state index contributed by atoms with van der Waals surface area (Å²) in [6.07, 6.45) is 0. The van der Waals surface area contributed by atoms with Gasteiger partial charge in [-0.3, -0.25) is 4.79 Å². The van der Waals surface area contributed by atoms with Crippen LogP contribution in [0.4, 0.5) is 11.4 Å². The SMILES string of the molecule is CCNCc1ccc(N/C(=C2/C(=O)Nc3cc(C(=O)OC)ccc32)c2ccccc2)cc1. The molecule has 0 saturated heterocycles. The van der Waals surface area contributed by atoms with Crippen molar-refractivity contribution in [3.05, 3.63) is 95.1 Å². The van der Waals surface area contributed by atoms with Crippen molar-refractivity contribution in [2.24, 2.45) is 0 Å². The number of amides is 1. The van der Waals surface area contributed by atoms with Crippen molar-refractivity contribution in [2.45, 2.75) is 13.5 Å². The zero-order valence-electron chi connectivity index (χ0n) is 18.1. The Morgan fingerprint density at radius 2 is 1.72 bits per heavy atom. The summed E-state index contributed by atoms with van der Waals surface area (Å²) in [5.41, 5.74) is 5.89. The number of carbonyl (C=O) groups is 2. The van der Waals surface area contributed by atoms with Crippen LogP contribution in [0.15, 0.2) is 72.8 Å². The van der Waals surface area contributed by atoms with E-state index in [9.17, 15) is 9.59 Å². The molecule has 6 heteroatoms. The third-order valence-electron chi connectivity index (χ3n) is 5.30. The highest BCUT2D eigenvalue weighted by atomic mass is 16.5. The minimum Gasteiger partial charge on any atom is -0.465 e. The Balaban J connectivity index is 1.76. The normalized spacial score (nSPS) is 13.9. The number of benzene rings is 3. The van der Waals surface area contributed by atoms with E-state index >= 15 is 0 Å². The lowest BCUT2D eigenvalue weighted by Gasteiger charge is -2.15. The van der Waals surface area contributed by atoms with Crippen LogP contribution < -0.4 is 16.0 Å². The van der Waals surface area contributed by atoms with Crippen molar-refractivity contribution in [2.75, 3.05) is 24.3 Å². The first-order chi connectivity index (χ1) is 15.6. The van der Waals surface area contributed by atoms with Gasteiger partial charge < -0.3 is 20.7 Å². The standard InChI is InChI=1S/C26H25N3O3/c1-3-27-16-17-9-12-20(13-10-17)28-24(18-7-5-4-6-8-18)23-21-14-11-19(26(31)32-2)15-22(21)29-25(23)30/h4-15,27-28H,3,16H2,1-2H3,(H,29,30)/b24-23+. The topological polar surface area (TPSA) is 79.5 Å². The smallest absolute Gasteiger partial charge is 0.337 e. The van der Waals surface area contributed by atoms with E-state index in [0.29, 0.717) is 22.5 Å². The highest BCUT2D eigenvalue weighted by Crippen LogP contribution is 2.38. The number of fused-ring (bicyclic) bond motifs is 1. The quantitative estimate of drug-likeness (QED) is 0.382. The van der Waals surface area contributed by atoms with Crippen molar-refractivity contribution >= 4 is 34.5 Å². The minimum atomic E-state index is -0.446. The maximum atomic E-state index is 13.0. The second-order valence-corrected chi connectivity index (χ2v) is 7.42. The fourth-order valence-corrected chi connectivity index (χ4v) is 3.67. The van der Waals surface area contributed by atoms with Crippen LogP contribution in [-0.4, -0.2) is 25.5 Å². The Hall–Kier alpha value is -3.90. The first kappa shape index (κ1) is 21.3. The molecule has 3 N–H and O–H groups in total. The van der Waals surface area contributed by atoms with Gasteiger partial charge in [0.15, 0.2) is 0 Å². The predicted octanol–water partition coefficient (Wildman–Crippen LogP) is 4.52. The van der Waals surface area contributed by atoms with Crippen LogP contribution in [0.5, 0.6) is 0 Å². The van der Waals surface area contributed by atoms with Crippen LogP contribution in [0.1, 0.15) is 34.0 Å². The molecule has 0 aromatic heterocycles. The summed E-state index contributed by atoms with van der Waals surface area (Å²) in [6.45, 7) is 3.80. The second kappa shape index (κ2) is 9.49. The average molecular weight is 428 g/mol. The van der Waals surface area contributed by atoms with E-state index in [2.05, 4.69) is 35.0 Å². The number of esters is 1. The van der Waals surface area contributed by atoms with Gasteiger partial charge in [-0.1, -0.05) is 55.5 Å². The van der Waals surface area contributed by atoms with Crippen molar-refractivity contribution in [1.29, 1.82) is 0 Å². The van der Waals surface area contributed by atoms with Gasteiger partial charge in [0.2, 0.25) is 0 Å². The molecule has 0 unspecified atom stereocenters. The van der Waals surface area contributed by atoms with Gasteiger partial charge in [-0.2, -0.15) is 0 Å². The Morgan fingerprint density at radius 3 is 2.41 bits per heavy atom. The predicted molar refractivity (Wildman–Crippen MR) is 127 cm³/mol. The Bertz CT molecular complexity index is 1170. The number of anilines is 2. The highest BCUT2D eigenvalue weighted by molar-refractivity contribution is 6.37. The van der Waals surface area contributed by atoms with Gasteiger partial charge in [0, 0.05) is 17.8 Å². The first-order valence-corrected chi connectivity index (χ1v) is 10.5. The largest absolute Gasteiger partial charge is 0.465 e. The van der Waals surface area contributed by atoms with E-state index in [1.165, 1.54) is 12.7 Å². The molecule has 0 fully saturated rings. The van der Waals surface area contributed by atoms with Gasteiger partial charge >= 0.3 is 5.97 Å². The Kier molecular flexibility index (Phi) is 6.33. The second-order valence-electron chi connectivity index (χ2n) is 7.42. The summed E-state index contributed by atoms with van der Waals surface area (Å²) in [4.78, 5) is 24.9. The molecule has 1 aliphatic rings. The maximum absolute atomic E-state index is 13.0. The molecule has 0 aliphatic carbocycles. The lowest BCUT2D eigenvalue weighted by atomic mass is 9.99. The average Bonchev–Trinajstić information content (AvgIpc) is 3.16. The number of hydrogen-bond donors (Lipinski definition) is 3. The van der Waals surface area contributed by atoms with E-state index < -0.39 is 5.97 Å². The van der Waals surface area contributed by atoms with Crippen LogP contribution in [0.2, 0.25) is 0 Å². The third kappa shape index (κ3) is 4.40. The number of methoxy groups -OCH3 is 1. The van der Waals surface area contributed by atoms with E-state index in [1.807, 2.05) is 42.5 Å². The fourth-order valence-electron chi connectivity index (χ4n) is 3.67. The van der Waals surface area contributed by atoms with Crippen LogP contribution in [0.3, 0.4) is 0 Å². The number of ether oxygens (including phenoxy) is 1. The zero-order chi connectivity index (χ0) is 22.5. The molecule has 162 valence electrons. The van der Waals surface area contributed by atoms with Gasteiger partial charge in [-0.15, -0.1) is 0 Å². The van der Waals surface area contributed by atoms with Gasteiger partial charge in [-0.25, -0.2) is 4.79 Å². The molecule has 6 nitrogen and oxygen atoms in total. The number of hydrogen-bond acceptors (Lipinski definition) is 5. The molecule has 3 aromatic carbocycles. The molecule has 4 rings (SSSR count). The van der Waals surface area contributed by atoms with Crippen molar-refractivity contribution in [1.82, 2.24) is 5.32 Å². The first-order valence-electron chi connectivity index (χ1n) is 10.5. The molecule has 0 saturated carbocycles. The summed E-state index contributed by atoms with van der Waals surface area (Å²) in [5.74, 6) is -0.671. The van der Waals surface area contributed by atoms with Gasteiger partial charge in [0.05, 0.1) is 29.6 Å². The molecule has 0 atom stereocenters. The molecule has 1 amide bonds. The Labute approximate surface area is 187 Å². The Morgan fingerprint density at radius 1 is 0.969 bits per heavy atom.